The number of rotatable bonds is 2. The van der Waals surface area contributed by atoms with Crippen LogP contribution in [0.25, 0.3) is 0 Å². The van der Waals surface area contributed by atoms with Crippen LogP contribution in [-0.2, 0) is 4.79 Å². The Balaban J connectivity index is 3.21. The lowest BCUT2D eigenvalue weighted by molar-refractivity contribution is -0.116. The third-order valence-corrected chi connectivity index (χ3v) is 0.333. The van der Waals surface area contributed by atoms with E-state index in [1.54, 1.807) is 0 Å². The molecule has 0 spiro atoms. The largest absolute Gasteiger partial charge is 0.277 e. The number of carbonyl (C=O) groups excluding carboxylic acids is 1. The van der Waals surface area contributed by atoms with E-state index in [4.69, 9.17) is 5.84 Å². The molecule has 0 bridgehead atoms. The van der Waals surface area contributed by atoms with Gasteiger partial charge in [0, 0.05) is 6.20 Å². The summed E-state index contributed by atoms with van der Waals surface area (Å²) in [5.74, 6) is 4.82. The number of hydrogen-bond donors (Lipinski definition) is 1. The number of nitrogens with two attached hydrogens (primary N) is 1. The highest BCUT2D eigenvalue weighted by molar-refractivity contribution is 5.47. The first kappa shape index (κ1) is 5.17. The van der Waals surface area contributed by atoms with Gasteiger partial charge in [-0.15, -0.1) is 0 Å². The van der Waals surface area contributed by atoms with Crippen LogP contribution in [0.4, 0.5) is 0 Å². The fraction of sp³-hybridized carbons (Fsp3) is 0. The second kappa shape index (κ2) is 2.41. The second-order valence-corrected chi connectivity index (χ2v) is 0.735. The number of hydrazine groups is 1. The van der Waals surface area contributed by atoms with Crippen molar-refractivity contribution >= 4 is 6.41 Å². The fourth-order valence-corrected chi connectivity index (χ4v) is 0.0430. The molecule has 0 rings (SSSR count). The summed E-state index contributed by atoms with van der Waals surface area (Å²) in [6.07, 6.45) is 1.68. The van der Waals surface area contributed by atoms with E-state index in [1.807, 2.05) is 0 Å². The average molecular weight is 86.1 g/mol. The predicted octanol–water partition coefficient (Wildman–Crippen LogP) is -0.538. The van der Waals surface area contributed by atoms with Gasteiger partial charge in [0.2, 0.25) is 6.41 Å². The summed E-state index contributed by atoms with van der Waals surface area (Å²) in [6.45, 7) is 3.20. The quantitative estimate of drug-likeness (QED) is 0.212. The van der Waals surface area contributed by atoms with Crippen LogP contribution >= 0.6 is 0 Å². The van der Waals surface area contributed by atoms with Crippen LogP contribution in [-0.4, -0.2) is 11.4 Å². The summed E-state index contributed by atoms with van der Waals surface area (Å²) in [5, 5.41) is 0.833. The van der Waals surface area contributed by atoms with E-state index in [0.717, 1.165) is 5.01 Å². The van der Waals surface area contributed by atoms with Crippen molar-refractivity contribution in [1.82, 2.24) is 5.01 Å². The van der Waals surface area contributed by atoms with Crippen LogP contribution in [0.1, 0.15) is 0 Å². The van der Waals surface area contributed by atoms with E-state index >= 15 is 0 Å². The predicted molar refractivity (Wildman–Crippen MR) is 22.3 cm³/mol. The minimum absolute atomic E-state index is 0.465. The molecule has 3 nitrogen and oxygen atoms in total. The van der Waals surface area contributed by atoms with Crippen molar-refractivity contribution in [1.29, 1.82) is 0 Å². The molecule has 0 aliphatic rings. The molecule has 0 heterocycles. The molecular weight excluding hydrogens is 80.0 g/mol. The summed E-state index contributed by atoms with van der Waals surface area (Å²) in [5.41, 5.74) is 0. The molecule has 0 aliphatic carbocycles. The molecule has 0 unspecified atom stereocenters. The van der Waals surface area contributed by atoms with E-state index < -0.39 is 0 Å². The van der Waals surface area contributed by atoms with E-state index in [9.17, 15) is 4.79 Å². The standard InChI is InChI=1S/C3H6N2O/c1-2-5(4)3-6/h2-3H,1,4H2. The molecule has 0 atom stereocenters. The Bertz CT molecular complexity index is 53.8. The maximum atomic E-state index is 9.47. The van der Waals surface area contributed by atoms with Crippen LogP contribution in [0.2, 0.25) is 0 Å². The van der Waals surface area contributed by atoms with Gasteiger partial charge in [0.15, 0.2) is 0 Å². The maximum absolute atomic E-state index is 9.47. The van der Waals surface area contributed by atoms with Crippen LogP contribution in [0.3, 0.4) is 0 Å². The molecule has 0 saturated heterocycles. The zero-order chi connectivity index (χ0) is 4.99. The van der Waals surface area contributed by atoms with Crippen molar-refractivity contribution in [3.05, 3.63) is 12.8 Å². The van der Waals surface area contributed by atoms with Crippen molar-refractivity contribution in [3.63, 3.8) is 0 Å². The van der Waals surface area contributed by atoms with Crippen molar-refractivity contribution in [2.75, 3.05) is 0 Å². The van der Waals surface area contributed by atoms with Gasteiger partial charge >= 0.3 is 0 Å². The third kappa shape index (κ3) is 1.49. The van der Waals surface area contributed by atoms with Crippen molar-refractivity contribution in [3.8, 4) is 0 Å². The first-order valence-corrected chi connectivity index (χ1v) is 1.42. The Hall–Kier alpha value is -0.830. The van der Waals surface area contributed by atoms with Gasteiger partial charge in [0.05, 0.1) is 0 Å². The average Bonchev–Trinajstić information content (AvgIpc) is 1.65. The van der Waals surface area contributed by atoms with Gasteiger partial charge in [-0.05, 0) is 0 Å². The Labute approximate surface area is 36.0 Å². The Morgan fingerprint density at radius 1 is 1.83 bits per heavy atom. The van der Waals surface area contributed by atoms with Gasteiger partial charge in [0.1, 0.15) is 0 Å². The monoisotopic (exact) mass is 86.0 g/mol. The molecule has 0 radical (unpaired) electrons. The number of amides is 1. The molecule has 34 valence electrons. The van der Waals surface area contributed by atoms with Crippen molar-refractivity contribution in [2.24, 2.45) is 5.84 Å². The molecule has 0 aliphatic heterocycles. The summed E-state index contributed by atoms with van der Waals surface area (Å²) < 4.78 is 0. The first-order chi connectivity index (χ1) is 2.81. The molecule has 0 saturated carbocycles. The van der Waals surface area contributed by atoms with Gasteiger partial charge in [-0.1, -0.05) is 6.58 Å². The van der Waals surface area contributed by atoms with Crippen molar-refractivity contribution in [2.45, 2.75) is 0 Å². The second-order valence-electron chi connectivity index (χ2n) is 0.735. The Kier molecular flexibility index (Phi) is 2.08. The van der Waals surface area contributed by atoms with Crippen LogP contribution < -0.4 is 5.84 Å². The number of carbonyl (C=O) groups is 1. The van der Waals surface area contributed by atoms with E-state index in [2.05, 4.69) is 6.58 Å². The summed E-state index contributed by atoms with van der Waals surface area (Å²) in [4.78, 5) is 9.47. The summed E-state index contributed by atoms with van der Waals surface area (Å²) in [6, 6.07) is 0. The minimum atomic E-state index is 0.465. The SMILES string of the molecule is C=CN(N)C=O. The highest BCUT2D eigenvalue weighted by Gasteiger charge is 1.74. The van der Waals surface area contributed by atoms with Crippen molar-refractivity contribution < 1.29 is 4.79 Å². The Morgan fingerprint density at radius 3 is 2.33 bits per heavy atom. The third-order valence-electron chi connectivity index (χ3n) is 0.333. The normalized spacial score (nSPS) is 6.83. The van der Waals surface area contributed by atoms with E-state index in [-0.39, 0.29) is 0 Å². The highest BCUT2D eigenvalue weighted by Crippen LogP contribution is 1.60. The maximum Gasteiger partial charge on any atom is 0.227 e. The van der Waals surface area contributed by atoms with Crippen LogP contribution in [0.5, 0.6) is 0 Å². The number of hydrogen-bond acceptors (Lipinski definition) is 2. The molecule has 6 heavy (non-hydrogen) atoms. The highest BCUT2D eigenvalue weighted by atomic mass is 16.1. The molecule has 2 N–H and O–H groups in total. The molecule has 0 aromatic rings. The lowest BCUT2D eigenvalue weighted by Gasteiger charge is -1.96. The molecule has 0 aromatic carbocycles. The van der Waals surface area contributed by atoms with Gasteiger partial charge < -0.3 is 0 Å². The lowest BCUT2D eigenvalue weighted by Crippen LogP contribution is -2.21. The smallest absolute Gasteiger partial charge is 0.227 e. The molecule has 1 amide bonds. The van der Waals surface area contributed by atoms with Gasteiger partial charge in [0.25, 0.3) is 0 Å². The van der Waals surface area contributed by atoms with E-state index in [0.29, 0.717) is 6.41 Å². The van der Waals surface area contributed by atoms with Gasteiger partial charge in [-0.3, -0.25) is 9.80 Å². The lowest BCUT2D eigenvalue weighted by atomic mass is 10.9. The topological polar surface area (TPSA) is 46.3 Å². The fourth-order valence-electron chi connectivity index (χ4n) is 0.0430. The summed E-state index contributed by atoms with van der Waals surface area (Å²) in [7, 11) is 0. The van der Waals surface area contributed by atoms with Gasteiger partial charge in [-0.2, -0.15) is 0 Å². The molecular formula is C3H6N2O. The number of nitrogens with zero attached hydrogens (tertiary/aromatic N) is 1. The Morgan fingerprint density at radius 2 is 2.33 bits per heavy atom. The van der Waals surface area contributed by atoms with E-state index in [1.165, 1.54) is 6.20 Å². The summed E-state index contributed by atoms with van der Waals surface area (Å²) >= 11 is 0. The minimum Gasteiger partial charge on any atom is -0.277 e. The molecule has 3 heteroatoms. The zero-order valence-electron chi connectivity index (χ0n) is 3.29. The first-order valence-electron chi connectivity index (χ1n) is 1.42. The van der Waals surface area contributed by atoms with Crippen LogP contribution in [0.15, 0.2) is 12.8 Å². The molecule has 0 aromatic heterocycles. The molecule has 0 fully saturated rings. The van der Waals surface area contributed by atoms with Gasteiger partial charge in [-0.25, -0.2) is 5.84 Å². The van der Waals surface area contributed by atoms with Crippen LogP contribution in [0, 0.1) is 0 Å². The zero-order valence-corrected chi connectivity index (χ0v) is 3.29.